The molecule has 1 atom stereocenters. The fraction of sp³-hybridized carbons (Fsp3) is 0.267. The van der Waals surface area contributed by atoms with Crippen LogP contribution in [0.5, 0.6) is 0 Å². The van der Waals surface area contributed by atoms with E-state index in [-0.39, 0.29) is 11.6 Å². The molecule has 2 N–H and O–H groups in total. The number of aliphatic hydroxyl groups excluding tert-OH is 1. The van der Waals surface area contributed by atoms with Gasteiger partial charge in [0.15, 0.2) is 0 Å². The highest BCUT2D eigenvalue weighted by molar-refractivity contribution is 5.91. The van der Waals surface area contributed by atoms with E-state index >= 15 is 0 Å². The lowest BCUT2D eigenvalue weighted by Gasteiger charge is -2.11. The molecule has 2 rings (SSSR count). The summed E-state index contributed by atoms with van der Waals surface area (Å²) >= 11 is 0. The number of nitrogens with one attached hydrogen (secondary N) is 1. The largest absolute Gasteiger partial charge is 0.388 e. The van der Waals surface area contributed by atoms with Crippen molar-refractivity contribution in [3.63, 3.8) is 0 Å². The van der Waals surface area contributed by atoms with Crippen molar-refractivity contribution >= 4 is 5.91 Å². The molecule has 1 aromatic carbocycles. The van der Waals surface area contributed by atoms with Crippen molar-refractivity contribution in [2.75, 3.05) is 6.54 Å². The number of benzene rings is 1. The maximum Gasteiger partial charge on any atom is 0.271 e. The second-order valence-electron chi connectivity index (χ2n) is 4.51. The Kier molecular flexibility index (Phi) is 4.79. The molecule has 1 heterocycles. The summed E-state index contributed by atoms with van der Waals surface area (Å²) in [5, 5.41) is 12.7. The number of hydrogen-bond donors (Lipinski definition) is 2. The number of carbonyl (C=O) groups excluding carboxylic acids is 1. The van der Waals surface area contributed by atoms with Crippen LogP contribution < -0.4 is 5.32 Å². The molecule has 1 amide bonds. The number of carbonyl (C=O) groups is 1. The van der Waals surface area contributed by atoms with Crippen molar-refractivity contribution in [1.29, 1.82) is 0 Å². The van der Waals surface area contributed by atoms with Crippen LogP contribution in [-0.4, -0.2) is 27.5 Å². The molecule has 0 bridgehead atoms. The molecular formula is C15H17N3O2. The van der Waals surface area contributed by atoms with Crippen LogP contribution in [0.3, 0.4) is 0 Å². The van der Waals surface area contributed by atoms with Gasteiger partial charge in [-0.15, -0.1) is 0 Å². The third kappa shape index (κ3) is 3.86. The van der Waals surface area contributed by atoms with E-state index in [1.165, 1.54) is 6.20 Å². The molecule has 0 saturated heterocycles. The van der Waals surface area contributed by atoms with Gasteiger partial charge in [-0.3, -0.25) is 9.78 Å². The highest BCUT2D eigenvalue weighted by Crippen LogP contribution is 2.14. The average Bonchev–Trinajstić information content (AvgIpc) is 2.48. The Morgan fingerprint density at radius 1 is 1.25 bits per heavy atom. The molecule has 5 nitrogen and oxygen atoms in total. The second kappa shape index (κ2) is 6.77. The van der Waals surface area contributed by atoms with E-state index < -0.39 is 6.10 Å². The molecule has 0 fully saturated rings. The van der Waals surface area contributed by atoms with Gasteiger partial charge in [-0.2, -0.15) is 0 Å². The number of aromatic nitrogens is 2. The van der Waals surface area contributed by atoms with Crippen LogP contribution in [0.15, 0.2) is 42.7 Å². The fourth-order valence-corrected chi connectivity index (χ4v) is 1.76. The molecule has 0 aliphatic heterocycles. The highest BCUT2D eigenvalue weighted by Gasteiger charge is 2.10. The van der Waals surface area contributed by atoms with Gasteiger partial charge >= 0.3 is 0 Å². The lowest BCUT2D eigenvalue weighted by atomic mass is 10.1. The molecule has 1 unspecified atom stereocenters. The summed E-state index contributed by atoms with van der Waals surface area (Å²) in [4.78, 5) is 19.8. The average molecular weight is 271 g/mol. The predicted octanol–water partition coefficient (Wildman–Crippen LogP) is 1.64. The summed E-state index contributed by atoms with van der Waals surface area (Å²) in [6, 6.07) is 9.36. The Hall–Kier alpha value is -2.27. The van der Waals surface area contributed by atoms with Crippen LogP contribution in [-0.2, 0) is 0 Å². The van der Waals surface area contributed by atoms with Gasteiger partial charge in [0, 0.05) is 12.7 Å². The standard InChI is InChI=1S/C15H17N3O2/c1-11-9-18-13(10-17-11)15(20)16-8-7-14(19)12-5-3-2-4-6-12/h2-6,9-10,14,19H,7-8H2,1H3,(H,16,20). The first-order chi connectivity index (χ1) is 9.66. The van der Waals surface area contributed by atoms with Crippen LogP contribution in [0, 0.1) is 6.92 Å². The number of aryl methyl sites for hydroxylation is 1. The lowest BCUT2D eigenvalue weighted by Crippen LogP contribution is -2.26. The first-order valence-electron chi connectivity index (χ1n) is 6.46. The summed E-state index contributed by atoms with van der Waals surface area (Å²) in [6.45, 7) is 2.19. The summed E-state index contributed by atoms with van der Waals surface area (Å²) in [5.41, 5.74) is 1.89. The Morgan fingerprint density at radius 3 is 2.65 bits per heavy atom. The Balaban J connectivity index is 1.81. The minimum absolute atomic E-state index is 0.280. The van der Waals surface area contributed by atoms with Gasteiger partial charge in [0.25, 0.3) is 5.91 Å². The Bertz CT molecular complexity index is 555. The maximum absolute atomic E-state index is 11.8. The van der Waals surface area contributed by atoms with Crippen LogP contribution in [0.25, 0.3) is 0 Å². The normalized spacial score (nSPS) is 11.9. The number of nitrogens with zero attached hydrogens (tertiary/aromatic N) is 2. The molecule has 0 saturated carbocycles. The molecule has 104 valence electrons. The van der Waals surface area contributed by atoms with Gasteiger partial charge in [-0.25, -0.2) is 4.98 Å². The minimum Gasteiger partial charge on any atom is -0.388 e. The van der Waals surface area contributed by atoms with Crippen molar-refractivity contribution in [3.05, 3.63) is 59.7 Å². The van der Waals surface area contributed by atoms with Crippen molar-refractivity contribution in [2.45, 2.75) is 19.4 Å². The molecule has 0 radical (unpaired) electrons. The van der Waals surface area contributed by atoms with Crippen LogP contribution >= 0.6 is 0 Å². The Labute approximate surface area is 117 Å². The molecule has 0 aliphatic rings. The third-order valence-corrected chi connectivity index (χ3v) is 2.90. The molecule has 2 aromatic rings. The predicted molar refractivity (Wildman–Crippen MR) is 75.1 cm³/mol. The second-order valence-corrected chi connectivity index (χ2v) is 4.51. The van der Waals surface area contributed by atoms with Gasteiger partial charge < -0.3 is 10.4 Å². The fourth-order valence-electron chi connectivity index (χ4n) is 1.76. The van der Waals surface area contributed by atoms with E-state index in [1.807, 2.05) is 37.3 Å². The first-order valence-corrected chi connectivity index (χ1v) is 6.46. The summed E-state index contributed by atoms with van der Waals surface area (Å²) in [5.74, 6) is -0.280. The van der Waals surface area contributed by atoms with E-state index in [0.717, 1.165) is 11.3 Å². The zero-order chi connectivity index (χ0) is 14.4. The molecule has 0 spiro atoms. The van der Waals surface area contributed by atoms with Crippen molar-refractivity contribution in [3.8, 4) is 0 Å². The zero-order valence-corrected chi connectivity index (χ0v) is 11.3. The van der Waals surface area contributed by atoms with Crippen LogP contribution in [0.4, 0.5) is 0 Å². The van der Waals surface area contributed by atoms with Crippen LogP contribution in [0.2, 0.25) is 0 Å². The summed E-state index contributed by atoms with van der Waals surface area (Å²) in [6.07, 6.45) is 2.86. The van der Waals surface area contributed by atoms with Crippen molar-refractivity contribution < 1.29 is 9.90 Å². The monoisotopic (exact) mass is 271 g/mol. The lowest BCUT2D eigenvalue weighted by molar-refractivity contribution is 0.0937. The quantitative estimate of drug-likeness (QED) is 0.867. The first kappa shape index (κ1) is 14.1. The zero-order valence-electron chi connectivity index (χ0n) is 11.3. The number of aliphatic hydroxyl groups is 1. The van der Waals surface area contributed by atoms with E-state index in [2.05, 4.69) is 15.3 Å². The number of amides is 1. The molecule has 0 aliphatic carbocycles. The van der Waals surface area contributed by atoms with Crippen molar-refractivity contribution in [2.24, 2.45) is 0 Å². The molecular weight excluding hydrogens is 254 g/mol. The van der Waals surface area contributed by atoms with E-state index in [1.54, 1.807) is 6.20 Å². The van der Waals surface area contributed by atoms with E-state index in [0.29, 0.717) is 13.0 Å². The maximum atomic E-state index is 11.8. The molecule has 5 heteroatoms. The topological polar surface area (TPSA) is 75.1 Å². The SMILES string of the molecule is Cc1cnc(C(=O)NCCC(O)c2ccccc2)cn1. The summed E-state index contributed by atoms with van der Waals surface area (Å²) in [7, 11) is 0. The van der Waals surface area contributed by atoms with Crippen molar-refractivity contribution in [1.82, 2.24) is 15.3 Å². The van der Waals surface area contributed by atoms with E-state index in [9.17, 15) is 9.90 Å². The van der Waals surface area contributed by atoms with Gasteiger partial charge in [-0.05, 0) is 18.9 Å². The van der Waals surface area contributed by atoms with Gasteiger partial charge in [0.1, 0.15) is 5.69 Å². The van der Waals surface area contributed by atoms with Gasteiger partial charge in [0.05, 0.1) is 18.0 Å². The molecule has 20 heavy (non-hydrogen) atoms. The van der Waals surface area contributed by atoms with Crippen LogP contribution in [0.1, 0.15) is 34.3 Å². The van der Waals surface area contributed by atoms with Gasteiger partial charge in [-0.1, -0.05) is 30.3 Å². The third-order valence-electron chi connectivity index (χ3n) is 2.90. The number of rotatable bonds is 5. The Morgan fingerprint density at radius 2 is 2.00 bits per heavy atom. The summed E-state index contributed by atoms with van der Waals surface area (Å²) < 4.78 is 0. The minimum atomic E-state index is -0.583. The highest BCUT2D eigenvalue weighted by atomic mass is 16.3. The number of hydrogen-bond acceptors (Lipinski definition) is 4. The smallest absolute Gasteiger partial charge is 0.271 e. The van der Waals surface area contributed by atoms with Gasteiger partial charge in [0.2, 0.25) is 0 Å². The van der Waals surface area contributed by atoms with E-state index in [4.69, 9.17) is 0 Å². The molecule has 1 aromatic heterocycles.